The lowest BCUT2D eigenvalue weighted by Gasteiger charge is -2.26. The van der Waals surface area contributed by atoms with Crippen molar-refractivity contribution >= 4 is 5.69 Å². The molecule has 2 nitrogen and oxygen atoms in total. The number of benzene rings is 1. The van der Waals surface area contributed by atoms with Crippen molar-refractivity contribution in [1.82, 2.24) is 0 Å². The average Bonchev–Trinajstić information content (AvgIpc) is 2.35. The van der Waals surface area contributed by atoms with Crippen molar-refractivity contribution in [3.63, 3.8) is 0 Å². The molecule has 1 atom stereocenters. The zero-order chi connectivity index (χ0) is 12.0. The van der Waals surface area contributed by atoms with E-state index in [2.05, 4.69) is 31.7 Å². The summed E-state index contributed by atoms with van der Waals surface area (Å²) >= 11 is 0. The number of nitriles is 1. The van der Waals surface area contributed by atoms with Gasteiger partial charge in [-0.15, -0.1) is 0 Å². The van der Waals surface area contributed by atoms with Gasteiger partial charge in [-0.1, -0.05) is 32.4 Å². The fourth-order valence-electron chi connectivity index (χ4n) is 1.75. The Bertz CT molecular complexity index is 365. The molecule has 0 amide bonds. The zero-order valence-corrected chi connectivity index (χ0v) is 10.4. The Balaban J connectivity index is 2.91. The summed E-state index contributed by atoms with van der Waals surface area (Å²) in [6.45, 7) is 8.55. The standard InChI is InChI=1S/C14H20N2/c1-4-12(3)11-16(5-2)14-9-7-6-8-13(14)10-15/h6-9,12H,4-5,11H2,1-3H3. The van der Waals surface area contributed by atoms with E-state index in [9.17, 15) is 0 Å². The lowest BCUT2D eigenvalue weighted by Crippen LogP contribution is -2.28. The molecule has 0 bridgehead atoms. The van der Waals surface area contributed by atoms with E-state index in [0.29, 0.717) is 5.92 Å². The van der Waals surface area contributed by atoms with E-state index in [1.165, 1.54) is 6.42 Å². The molecule has 0 spiro atoms. The maximum absolute atomic E-state index is 9.08. The Hall–Kier alpha value is -1.49. The molecule has 0 aliphatic carbocycles. The van der Waals surface area contributed by atoms with Gasteiger partial charge in [-0.25, -0.2) is 0 Å². The summed E-state index contributed by atoms with van der Waals surface area (Å²) < 4.78 is 0. The second-order valence-corrected chi connectivity index (χ2v) is 4.18. The molecule has 1 aromatic carbocycles. The van der Waals surface area contributed by atoms with Gasteiger partial charge in [0.2, 0.25) is 0 Å². The van der Waals surface area contributed by atoms with Crippen molar-refractivity contribution in [3.05, 3.63) is 29.8 Å². The molecule has 0 fully saturated rings. The zero-order valence-electron chi connectivity index (χ0n) is 10.4. The molecule has 0 aliphatic heterocycles. The molecule has 1 unspecified atom stereocenters. The van der Waals surface area contributed by atoms with Crippen LogP contribution >= 0.6 is 0 Å². The molecule has 0 saturated carbocycles. The highest BCUT2D eigenvalue weighted by Crippen LogP contribution is 2.20. The number of rotatable bonds is 5. The van der Waals surface area contributed by atoms with Crippen molar-refractivity contribution in [3.8, 4) is 6.07 Å². The summed E-state index contributed by atoms with van der Waals surface area (Å²) in [5, 5.41) is 9.08. The van der Waals surface area contributed by atoms with E-state index in [1.54, 1.807) is 0 Å². The van der Waals surface area contributed by atoms with Crippen LogP contribution in [0.1, 0.15) is 32.8 Å². The summed E-state index contributed by atoms with van der Waals surface area (Å²) in [6, 6.07) is 10.1. The first-order valence-electron chi connectivity index (χ1n) is 5.97. The number of anilines is 1. The fraction of sp³-hybridized carbons (Fsp3) is 0.500. The summed E-state index contributed by atoms with van der Waals surface area (Å²) in [6.07, 6.45) is 1.17. The van der Waals surface area contributed by atoms with Crippen molar-refractivity contribution in [2.45, 2.75) is 27.2 Å². The van der Waals surface area contributed by atoms with Gasteiger partial charge in [0.05, 0.1) is 11.3 Å². The average molecular weight is 216 g/mol. The summed E-state index contributed by atoms with van der Waals surface area (Å²) in [5.74, 6) is 0.659. The highest BCUT2D eigenvalue weighted by Gasteiger charge is 2.11. The highest BCUT2D eigenvalue weighted by atomic mass is 15.1. The molecular formula is C14H20N2. The van der Waals surface area contributed by atoms with Crippen molar-refractivity contribution < 1.29 is 0 Å². The van der Waals surface area contributed by atoms with Gasteiger partial charge in [0.15, 0.2) is 0 Å². The van der Waals surface area contributed by atoms with Gasteiger partial charge in [0.25, 0.3) is 0 Å². The first-order valence-corrected chi connectivity index (χ1v) is 5.97. The molecule has 1 rings (SSSR count). The Labute approximate surface area is 98.5 Å². The molecule has 1 aromatic rings. The van der Waals surface area contributed by atoms with Crippen LogP contribution in [0.25, 0.3) is 0 Å². The van der Waals surface area contributed by atoms with E-state index in [-0.39, 0.29) is 0 Å². The lowest BCUT2D eigenvalue weighted by molar-refractivity contribution is 0.548. The van der Waals surface area contributed by atoms with E-state index < -0.39 is 0 Å². The summed E-state index contributed by atoms with van der Waals surface area (Å²) in [5.41, 5.74) is 1.83. The van der Waals surface area contributed by atoms with Gasteiger partial charge in [0, 0.05) is 13.1 Å². The van der Waals surface area contributed by atoms with Crippen LogP contribution in [-0.4, -0.2) is 13.1 Å². The molecular weight excluding hydrogens is 196 g/mol. The van der Waals surface area contributed by atoms with Crippen LogP contribution in [0.4, 0.5) is 5.69 Å². The first kappa shape index (κ1) is 12.6. The number of nitrogens with zero attached hydrogens (tertiary/aromatic N) is 2. The molecule has 0 radical (unpaired) electrons. The largest absolute Gasteiger partial charge is 0.370 e. The van der Waals surface area contributed by atoms with E-state index in [0.717, 1.165) is 24.3 Å². The van der Waals surface area contributed by atoms with Crippen LogP contribution in [0.5, 0.6) is 0 Å². The van der Waals surface area contributed by atoms with E-state index in [1.807, 2.05) is 24.3 Å². The predicted molar refractivity (Wildman–Crippen MR) is 68.5 cm³/mol. The second-order valence-electron chi connectivity index (χ2n) is 4.18. The fourth-order valence-corrected chi connectivity index (χ4v) is 1.75. The Morgan fingerprint density at radius 2 is 2.00 bits per heavy atom. The van der Waals surface area contributed by atoms with Gasteiger partial charge in [-0.3, -0.25) is 0 Å². The molecule has 0 heterocycles. The van der Waals surface area contributed by atoms with Crippen LogP contribution < -0.4 is 4.90 Å². The van der Waals surface area contributed by atoms with Gasteiger partial charge < -0.3 is 4.90 Å². The van der Waals surface area contributed by atoms with Crippen molar-refractivity contribution in [1.29, 1.82) is 5.26 Å². The minimum absolute atomic E-state index is 0.659. The Morgan fingerprint density at radius 1 is 1.31 bits per heavy atom. The van der Waals surface area contributed by atoms with Gasteiger partial charge in [-0.2, -0.15) is 5.26 Å². The number of hydrogen-bond donors (Lipinski definition) is 0. The predicted octanol–water partition coefficient (Wildman–Crippen LogP) is 3.43. The van der Waals surface area contributed by atoms with Crippen LogP contribution in [0.15, 0.2) is 24.3 Å². The molecule has 16 heavy (non-hydrogen) atoms. The minimum Gasteiger partial charge on any atom is -0.370 e. The van der Waals surface area contributed by atoms with E-state index in [4.69, 9.17) is 5.26 Å². The van der Waals surface area contributed by atoms with Gasteiger partial charge in [0.1, 0.15) is 6.07 Å². The topological polar surface area (TPSA) is 27.0 Å². The van der Waals surface area contributed by atoms with E-state index >= 15 is 0 Å². The third kappa shape index (κ3) is 3.00. The number of para-hydroxylation sites is 1. The molecule has 0 aliphatic rings. The SMILES string of the molecule is CCC(C)CN(CC)c1ccccc1C#N. The Kier molecular flexibility index (Phi) is 4.85. The quantitative estimate of drug-likeness (QED) is 0.754. The maximum atomic E-state index is 9.08. The lowest BCUT2D eigenvalue weighted by atomic mass is 10.1. The highest BCUT2D eigenvalue weighted by molar-refractivity contribution is 5.59. The number of hydrogen-bond acceptors (Lipinski definition) is 2. The van der Waals surface area contributed by atoms with Crippen LogP contribution in [0.3, 0.4) is 0 Å². The third-order valence-electron chi connectivity index (χ3n) is 2.98. The van der Waals surface area contributed by atoms with Gasteiger partial charge in [-0.05, 0) is 25.0 Å². The molecule has 0 N–H and O–H groups in total. The molecule has 0 saturated heterocycles. The third-order valence-corrected chi connectivity index (χ3v) is 2.98. The monoisotopic (exact) mass is 216 g/mol. The van der Waals surface area contributed by atoms with Crippen LogP contribution in [0, 0.1) is 17.2 Å². The van der Waals surface area contributed by atoms with Crippen LogP contribution in [-0.2, 0) is 0 Å². The normalized spacial score (nSPS) is 11.9. The second kappa shape index (κ2) is 6.17. The molecule has 86 valence electrons. The summed E-state index contributed by atoms with van der Waals surface area (Å²) in [7, 11) is 0. The Morgan fingerprint density at radius 3 is 2.56 bits per heavy atom. The molecule has 2 heteroatoms. The van der Waals surface area contributed by atoms with Crippen LogP contribution in [0.2, 0.25) is 0 Å². The maximum Gasteiger partial charge on any atom is 0.101 e. The summed E-state index contributed by atoms with van der Waals surface area (Å²) in [4.78, 5) is 2.28. The van der Waals surface area contributed by atoms with Gasteiger partial charge >= 0.3 is 0 Å². The van der Waals surface area contributed by atoms with Crippen molar-refractivity contribution in [2.24, 2.45) is 5.92 Å². The smallest absolute Gasteiger partial charge is 0.101 e. The molecule has 0 aromatic heterocycles. The first-order chi connectivity index (χ1) is 7.72. The minimum atomic E-state index is 0.659. The van der Waals surface area contributed by atoms with Crippen molar-refractivity contribution in [2.75, 3.05) is 18.0 Å².